The molecular formula is C4H11Na3O. The Bertz CT molecular complexity index is 55.8. The van der Waals surface area contributed by atoms with Crippen molar-refractivity contribution in [3.63, 3.8) is 0 Å². The van der Waals surface area contributed by atoms with Crippen molar-refractivity contribution in [2.24, 2.45) is 0 Å². The molecule has 0 bridgehead atoms. The Kier molecular flexibility index (Phi) is 45.6. The number of hydrogen-bond donors (Lipinski definition) is 1. The monoisotopic (exact) mass is 144 g/mol. The summed E-state index contributed by atoms with van der Waals surface area (Å²) >= 11 is 0. The maximum Gasteiger partial charge on any atom is 1.00 e. The van der Waals surface area contributed by atoms with E-state index in [0.717, 1.165) is 0 Å². The van der Waals surface area contributed by atoms with E-state index < -0.39 is 0 Å². The average Bonchev–Trinajstić information content (AvgIpc) is 1.38. The van der Waals surface area contributed by atoms with Gasteiger partial charge < -0.3 is 9.39 Å². The fourth-order valence-electron chi connectivity index (χ4n) is 0. The van der Waals surface area contributed by atoms with Crippen LogP contribution in [0.4, 0.5) is 0 Å². The van der Waals surface area contributed by atoms with Crippen LogP contribution in [0.25, 0.3) is 0 Å². The molecule has 0 spiro atoms. The Morgan fingerprint density at radius 1 is 1.50 bits per heavy atom. The van der Waals surface area contributed by atoms with Crippen molar-refractivity contribution >= 4 is 0 Å². The predicted octanol–water partition coefficient (Wildman–Crippen LogP) is -7.18. The molecule has 0 radical (unpaired) electrons. The first-order valence-electron chi connectivity index (χ1n) is 1.64. The molecule has 1 nitrogen and oxygen atoms in total. The van der Waals surface area contributed by atoms with Crippen LogP contribution in [0.5, 0.6) is 0 Å². The van der Waals surface area contributed by atoms with Crippen molar-refractivity contribution in [2.75, 3.05) is 0 Å². The van der Waals surface area contributed by atoms with E-state index in [4.69, 9.17) is 5.11 Å². The fourth-order valence-corrected chi connectivity index (χ4v) is 0. The zero-order chi connectivity index (χ0) is 4.28. The van der Waals surface area contributed by atoms with Gasteiger partial charge in [0.2, 0.25) is 0 Å². The molecule has 0 rings (SSSR count). The van der Waals surface area contributed by atoms with E-state index >= 15 is 0 Å². The topological polar surface area (TPSA) is 20.2 Å². The van der Waals surface area contributed by atoms with Crippen LogP contribution >= 0.6 is 0 Å². The molecule has 0 heterocycles. The summed E-state index contributed by atoms with van der Waals surface area (Å²) in [7, 11) is 0. The first-order valence-corrected chi connectivity index (χ1v) is 1.64. The molecule has 8 heavy (non-hydrogen) atoms. The Labute approximate surface area is 122 Å². The molecule has 0 saturated carbocycles. The second-order valence-electron chi connectivity index (χ2n) is 0.920. The fraction of sp³-hybridized carbons (Fsp3) is 0.500. The number of allylic oxidation sites excluding steroid dienone is 1. The van der Waals surface area contributed by atoms with Crippen molar-refractivity contribution in [1.29, 1.82) is 0 Å². The molecule has 4 heteroatoms. The summed E-state index contributed by atoms with van der Waals surface area (Å²) in [5, 5.41) is 8.17. The molecular weight excluding hydrogens is 133 g/mol. The van der Waals surface area contributed by atoms with E-state index in [1.807, 2.05) is 6.92 Å². The van der Waals surface area contributed by atoms with Crippen LogP contribution in [0.1, 0.15) is 17.6 Å². The van der Waals surface area contributed by atoms with Crippen molar-refractivity contribution in [1.82, 2.24) is 0 Å². The molecule has 1 N–H and O–H groups in total. The minimum Gasteiger partial charge on any atom is -1.00 e. The van der Waals surface area contributed by atoms with Crippen molar-refractivity contribution in [3.8, 4) is 0 Å². The molecule has 0 aliphatic rings. The van der Waals surface area contributed by atoms with Gasteiger partial charge in [-0.15, -0.1) is 0 Å². The van der Waals surface area contributed by atoms with Crippen LogP contribution in [-0.4, -0.2) is 5.11 Å². The van der Waals surface area contributed by atoms with Gasteiger partial charge in [-0.3, -0.25) is 0 Å². The van der Waals surface area contributed by atoms with E-state index in [9.17, 15) is 0 Å². The zero-order valence-electron chi connectivity index (χ0n) is 9.36. The van der Waals surface area contributed by atoms with Crippen LogP contribution in [0.3, 0.4) is 0 Å². The molecule has 0 atom stereocenters. The van der Waals surface area contributed by atoms with Gasteiger partial charge in [-0.1, -0.05) is 13.5 Å². The molecule has 0 aromatic heterocycles. The zero-order valence-corrected chi connectivity index (χ0v) is 12.4. The van der Waals surface area contributed by atoms with Gasteiger partial charge in [0.25, 0.3) is 0 Å². The summed E-state index contributed by atoms with van der Waals surface area (Å²) in [5.41, 5.74) is 0. The molecule has 36 valence electrons. The molecule has 0 aromatic carbocycles. The molecule has 0 saturated heterocycles. The Hall–Kier alpha value is 2.54. The molecule has 0 aromatic rings. The Morgan fingerprint density at radius 2 is 1.62 bits per heavy atom. The largest absolute Gasteiger partial charge is 1.00 e. The number of hydrogen-bond acceptors (Lipinski definition) is 1. The van der Waals surface area contributed by atoms with E-state index in [1.54, 1.807) is 0 Å². The summed E-state index contributed by atoms with van der Waals surface area (Å²) < 4.78 is 0. The SMILES string of the molecule is C=C(O)CC.[H-].[H-].[H-].[Na+].[Na+].[Na+]. The second-order valence-corrected chi connectivity index (χ2v) is 0.920. The van der Waals surface area contributed by atoms with Gasteiger partial charge in [-0.05, 0) is 0 Å². The third kappa shape index (κ3) is 23.6. The van der Waals surface area contributed by atoms with Crippen LogP contribution < -0.4 is 88.7 Å². The van der Waals surface area contributed by atoms with Crippen LogP contribution in [0.2, 0.25) is 0 Å². The van der Waals surface area contributed by atoms with E-state index in [1.165, 1.54) is 0 Å². The molecule has 0 amide bonds. The summed E-state index contributed by atoms with van der Waals surface area (Å²) in [6, 6.07) is 0. The predicted molar refractivity (Wildman–Crippen MR) is 25.4 cm³/mol. The first kappa shape index (κ1) is 22.4. The molecule has 0 aliphatic carbocycles. The number of aliphatic hydroxyl groups excluding tert-OH is 1. The molecule has 0 aliphatic heterocycles. The minimum absolute atomic E-state index is 0. The quantitative estimate of drug-likeness (QED) is 0.286. The standard InChI is InChI=1S/C4H8O.3Na.3H/c1-3-4(2)5;;;;;;/h5H,2-3H2,1H3;;;;;;/q;3*+1;3*-1. The molecule has 0 unspecified atom stereocenters. The summed E-state index contributed by atoms with van der Waals surface area (Å²) in [6.45, 7) is 5.08. The van der Waals surface area contributed by atoms with Crippen LogP contribution in [0.15, 0.2) is 12.3 Å². The Morgan fingerprint density at radius 3 is 1.62 bits per heavy atom. The second kappa shape index (κ2) is 16.3. The maximum absolute atomic E-state index is 8.17. The normalized spacial score (nSPS) is 4.62. The number of rotatable bonds is 1. The first-order chi connectivity index (χ1) is 2.27. The summed E-state index contributed by atoms with van der Waals surface area (Å²) in [5.74, 6) is 0.255. The van der Waals surface area contributed by atoms with Gasteiger partial charge >= 0.3 is 88.7 Å². The third-order valence-corrected chi connectivity index (χ3v) is 0.408. The third-order valence-electron chi connectivity index (χ3n) is 0.408. The van der Waals surface area contributed by atoms with Gasteiger partial charge in [0.15, 0.2) is 0 Å². The van der Waals surface area contributed by atoms with E-state index in [2.05, 4.69) is 6.58 Å². The van der Waals surface area contributed by atoms with Crippen molar-refractivity contribution < 1.29 is 98.1 Å². The van der Waals surface area contributed by atoms with Gasteiger partial charge in [0.05, 0.1) is 5.76 Å². The van der Waals surface area contributed by atoms with E-state index in [0.29, 0.717) is 6.42 Å². The van der Waals surface area contributed by atoms with Gasteiger partial charge in [0, 0.05) is 6.42 Å². The summed E-state index contributed by atoms with van der Waals surface area (Å²) in [4.78, 5) is 0. The Balaban J connectivity index is -0.00000000533. The van der Waals surface area contributed by atoms with E-state index in [-0.39, 0.29) is 98.7 Å². The smallest absolute Gasteiger partial charge is 1.00 e. The minimum atomic E-state index is 0. The van der Waals surface area contributed by atoms with Crippen LogP contribution in [-0.2, 0) is 0 Å². The van der Waals surface area contributed by atoms with Crippen LogP contribution in [0, 0.1) is 0 Å². The maximum atomic E-state index is 8.17. The average molecular weight is 144 g/mol. The van der Waals surface area contributed by atoms with Gasteiger partial charge in [-0.25, -0.2) is 0 Å². The molecule has 0 fully saturated rings. The van der Waals surface area contributed by atoms with Gasteiger partial charge in [0.1, 0.15) is 0 Å². The number of aliphatic hydroxyl groups is 1. The van der Waals surface area contributed by atoms with Crippen molar-refractivity contribution in [3.05, 3.63) is 12.3 Å². The van der Waals surface area contributed by atoms with Crippen molar-refractivity contribution in [2.45, 2.75) is 13.3 Å². The van der Waals surface area contributed by atoms with Gasteiger partial charge in [-0.2, -0.15) is 0 Å². The summed E-state index contributed by atoms with van der Waals surface area (Å²) in [6.07, 6.45) is 0.667.